The van der Waals surface area contributed by atoms with E-state index >= 15 is 0 Å². The molecular formula is C19H15ClN2O3. The van der Waals surface area contributed by atoms with Crippen molar-refractivity contribution < 1.29 is 14.6 Å². The average molecular weight is 355 g/mol. The first kappa shape index (κ1) is 16.7. The van der Waals surface area contributed by atoms with Gasteiger partial charge in [0.15, 0.2) is 0 Å². The number of halogens is 1. The van der Waals surface area contributed by atoms with Gasteiger partial charge in [0.1, 0.15) is 17.2 Å². The molecule has 6 heteroatoms. The third-order valence-corrected chi connectivity index (χ3v) is 3.60. The first-order chi connectivity index (χ1) is 12.1. The Hall–Kier alpha value is -3.18. The predicted molar refractivity (Wildman–Crippen MR) is 98.7 cm³/mol. The molecule has 0 aliphatic rings. The van der Waals surface area contributed by atoms with E-state index in [2.05, 4.69) is 10.6 Å². The molecule has 2 amide bonds. The number of carbonyl (C=O) groups excluding carboxylic acids is 1. The highest BCUT2D eigenvalue weighted by atomic mass is 35.5. The number of ether oxygens (including phenoxy) is 1. The van der Waals surface area contributed by atoms with E-state index in [4.69, 9.17) is 16.3 Å². The zero-order chi connectivity index (χ0) is 17.6. The molecule has 0 atom stereocenters. The summed E-state index contributed by atoms with van der Waals surface area (Å²) >= 11 is 5.81. The van der Waals surface area contributed by atoms with E-state index < -0.39 is 6.03 Å². The zero-order valence-corrected chi connectivity index (χ0v) is 13.8. The van der Waals surface area contributed by atoms with Crippen LogP contribution < -0.4 is 15.4 Å². The average Bonchev–Trinajstić information content (AvgIpc) is 2.61. The molecule has 0 saturated heterocycles. The summed E-state index contributed by atoms with van der Waals surface area (Å²) < 4.78 is 5.69. The van der Waals surface area contributed by atoms with Crippen LogP contribution in [0.25, 0.3) is 0 Å². The molecule has 5 nitrogen and oxygen atoms in total. The third kappa shape index (κ3) is 4.65. The Bertz CT molecular complexity index is 868. The van der Waals surface area contributed by atoms with Gasteiger partial charge in [-0.05, 0) is 54.6 Å². The molecular weight excluding hydrogens is 340 g/mol. The fourth-order valence-electron chi connectivity index (χ4n) is 2.11. The van der Waals surface area contributed by atoms with Crippen LogP contribution >= 0.6 is 11.6 Å². The Morgan fingerprint density at radius 2 is 1.44 bits per heavy atom. The minimum absolute atomic E-state index is 0.0402. The first-order valence-electron chi connectivity index (χ1n) is 7.50. The molecule has 3 aromatic carbocycles. The van der Waals surface area contributed by atoms with Crippen LogP contribution in [0.4, 0.5) is 16.2 Å². The Morgan fingerprint density at radius 1 is 0.840 bits per heavy atom. The number of hydrogen-bond donors (Lipinski definition) is 3. The van der Waals surface area contributed by atoms with Crippen LogP contribution in [0.2, 0.25) is 5.02 Å². The maximum absolute atomic E-state index is 12.0. The summed E-state index contributed by atoms with van der Waals surface area (Å²) in [6, 6.07) is 20.4. The van der Waals surface area contributed by atoms with Crippen molar-refractivity contribution in [1.29, 1.82) is 0 Å². The van der Waals surface area contributed by atoms with Crippen LogP contribution in [0, 0.1) is 0 Å². The number of anilines is 2. The van der Waals surface area contributed by atoms with Gasteiger partial charge in [0.05, 0.1) is 5.02 Å². The number of rotatable bonds is 4. The number of carbonyl (C=O) groups is 1. The molecule has 126 valence electrons. The standard InChI is InChI=1S/C19H15ClN2O3/c20-17-12-14(8-11-18(17)23)22-19(24)21-13-6-9-16(10-7-13)25-15-4-2-1-3-5-15/h1-12,23H,(H2,21,22,24). The first-order valence-corrected chi connectivity index (χ1v) is 7.87. The number of hydrogen-bond acceptors (Lipinski definition) is 3. The van der Waals surface area contributed by atoms with Gasteiger partial charge in [-0.1, -0.05) is 29.8 Å². The topological polar surface area (TPSA) is 70.6 Å². The van der Waals surface area contributed by atoms with Gasteiger partial charge >= 0.3 is 6.03 Å². The number of benzene rings is 3. The third-order valence-electron chi connectivity index (χ3n) is 3.30. The Kier molecular flexibility index (Phi) is 5.06. The van der Waals surface area contributed by atoms with Crippen LogP contribution in [0.15, 0.2) is 72.8 Å². The quantitative estimate of drug-likeness (QED) is 0.543. The van der Waals surface area contributed by atoms with Crippen LogP contribution in [0.1, 0.15) is 0 Å². The minimum atomic E-state index is -0.418. The van der Waals surface area contributed by atoms with Crippen LogP contribution in [0.3, 0.4) is 0 Å². The smallest absolute Gasteiger partial charge is 0.323 e. The van der Waals surface area contributed by atoms with Crippen molar-refractivity contribution in [3.8, 4) is 17.2 Å². The van der Waals surface area contributed by atoms with E-state index in [1.54, 1.807) is 30.3 Å². The van der Waals surface area contributed by atoms with Crippen molar-refractivity contribution in [2.24, 2.45) is 0 Å². The molecule has 0 aliphatic heterocycles. The zero-order valence-electron chi connectivity index (χ0n) is 13.1. The van der Waals surface area contributed by atoms with Gasteiger partial charge in [-0.3, -0.25) is 0 Å². The second-order valence-electron chi connectivity index (χ2n) is 5.18. The number of amides is 2. The van der Waals surface area contributed by atoms with Crippen molar-refractivity contribution in [2.75, 3.05) is 10.6 Å². The van der Waals surface area contributed by atoms with Crippen LogP contribution in [0.5, 0.6) is 17.2 Å². The van der Waals surface area contributed by atoms with Crippen molar-refractivity contribution in [3.63, 3.8) is 0 Å². The van der Waals surface area contributed by atoms with Gasteiger partial charge in [0, 0.05) is 11.4 Å². The molecule has 0 heterocycles. The SMILES string of the molecule is O=C(Nc1ccc(Oc2ccccc2)cc1)Nc1ccc(O)c(Cl)c1. The molecule has 0 spiro atoms. The highest BCUT2D eigenvalue weighted by Crippen LogP contribution is 2.26. The highest BCUT2D eigenvalue weighted by Gasteiger charge is 2.05. The number of nitrogens with one attached hydrogen (secondary N) is 2. The summed E-state index contributed by atoms with van der Waals surface area (Å²) in [5.41, 5.74) is 1.09. The van der Waals surface area contributed by atoms with Crippen molar-refractivity contribution in [3.05, 3.63) is 77.8 Å². The maximum atomic E-state index is 12.0. The molecule has 0 unspecified atom stereocenters. The Labute approximate surface area is 149 Å². The minimum Gasteiger partial charge on any atom is -0.506 e. The molecule has 0 aliphatic carbocycles. The monoisotopic (exact) mass is 354 g/mol. The largest absolute Gasteiger partial charge is 0.506 e. The summed E-state index contributed by atoms with van der Waals surface area (Å²) in [7, 11) is 0. The van der Waals surface area contributed by atoms with E-state index in [1.807, 2.05) is 30.3 Å². The number of para-hydroxylation sites is 1. The van der Waals surface area contributed by atoms with E-state index in [9.17, 15) is 9.90 Å². The highest BCUT2D eigenvalue weighted by molar-refractivity contribution is 6.32. The van der Waals surface area contributed by atoms with E-state index in [0.717, 1.165) is 5.75 Å². The molecule has 0 bridgehead atoms. The fourth-order valence-corrected chi connectivity index (χ4v) is 2.29. The molecule has 0 aromatic heterocycles. The Balaban J connectivity index is 1.59. The molecule has 0 saturated carbocycles. The molecule has 3 rings (SSSR count). The normalized spacial score (nSPS) is 10.1. The van der Waals surface area contributed by atoms with Gasteiger partial charge in [0.2, 0.25) is 0 Å². The van der Waals surface area contributed by atoms with Crippen molar-refractivity contribution in [1.82, 2.24) is 0 Å². The van der Waals surface area contributed by atoms with Gasteiger partial charge in [-0.2, -0.15) is 0 Å². The van der Waals surface area contributed by atoms with E-state index in [0.29, 0.717) is 17.1 Å². The van der Waals surface area contributed by atoms with Crippen molar-refractivity contribution in [2.45, 2.75) is 0 Å². The number of urea groups is 1. The van der Waals surface area contributed by atoms with Gasteiger partial charge in [-0.25, -0.2) is 4.79 Å². The second-order valence-corrected chi connectivity index (χ2v) is 5.59. The summed E-state index contributed by atoms with van der Waals surface area (Å²) in [4.78, 5) is 12.0. The molecule has 3 N–H and O–H groups in total. The van der Waals surface area contributed by atoms with Gasteiger partial charge in [0.25, 0.3) is 0 Å². The lowest BCUT2D eigenvalue weighted by Gasteiger charge is -2.10. The van der Waals surface area contributed by atoms with Gasteiger partial charge < -0.3 is 20.5 Å². The molecule has 0 fully saturated rings. The fraction of sp³-hybridized carbons (Fsp3) is 0. The van der Waals surface area contributed by atoms with Crippen LogP contribution in [-0.2, 0) is 0 Å². The maximum Gasteiger partial charge on any atom is 0.323 e. The predicted octanol–water partition coefficient (Wildman–Crippen LogP) is 5.48. The lowest BCUT2D eigenvalue weighted by molar-refractivity contribution is 0.262. The number of phenolic OH excluding ortho intramolecular Hbond substituents is 1. The molecule has 0 radical (unpaired) electrons. The van der Waals surface area contributed by atoms with E-state index in [1.165, 1.54) is 12.1 Å². The summed E-state index contributed by atoms with van der Waals surface area (Å²) in [5.74, 6) is 1.37. The summed E-state index contributed by atoms with van der Waals surface area (Å²) in [6.45, 7) is 0. The lowest BCUT2D eigenvalue weighted by Crippen LogP contribution is -2.19. The molecule has 3 aromatic rings. The van der Waals surface area contributed by atoms with Crippen molar-refractivity contribution >= 4 is 29.0 Å². The lowest BCUT2D eigenvalue weighted by atomic mass is 10.3. The Morgan fingerprint density at radius 3 is 2.12 bits per heavy atom. The summed E-state index contributed by atoms with van der Waals surface area (Å²) in [6.07, 6.45) is 0. The molecule has 25 heavy (non-hydrogen) atoms. The van der Waals surface area contributed by atoms with E-state index in [-0.39, 0.29) is 10.8 Å². The second kappa shape index (κ2) is 7.59. The summed E-state index contributed by atoms with van der Waals surface area (Å²) in [5, 5.41) is 14.9. The number of phenols is 1. The number of aromatic hydroxyl groups is 1. The van der Waals surface area contributed by atoms with Crippen LogP contribution in [-0.4, -0.2) is 11.1 Å². The van der Waals surface area contributed by atoms with Gasteiger partial charge in [-0.15, -0.1) is 0 Å².